The molecule has 0 saturated carbocycles. The van der Waals surface area contributed by atoms with Crippen molar-refractivity contribution < 1.29 is 14.3 Å². The number of amides is 2. The number of hydrogen-bond acceptors (Lipinski definition) is 3. The Morgan fingerprint density at radius 1 is 1.33 bits per heavy atom. The highest BCUT2D eigenvalue weighted by Crippen LogP contribution is 2.40. The van der Waals surface area contributed by atoms with Gasteiger partial charge in [0, 0.05) is 10.6 Å². The Balaban J connectivity index is 2.04. The summed E-state index contributed by atoms with van der Waals surface area (Å²) in [6.45, 7) is 5.30. The summed E-state index contributed by atoms with van der Waals surface area (Å²) < 4.78 is 5.39. The summed E-state index contributed by atoms with van der Waals surface area (Å²) in [5.74, 6) is -0.366. The second-order valence-electron chi connectivity index (χ2n) is 7.01. The number of carbonyl (C=O) groups is 2. The van der Waals surface area contributed by atoms with Gasteiger partial charge in [-0.3, -0.25) is 4.79 Å². The molecular weight excluding hydrogens is 326 g/mol. The fourth-order valence-electron chi connectivity index (χ4n) is 2.90. The van der Waals surface area contributed by atoms with Crippen molar-refractivity contribution in [3.8, 4) is 0 Å². The molecule has 1 heterocycles. The van der Waals surface area contributed by atoms with Crippen molar-refractivity contribution >= 4 is 34.9 Å². The average Bonchev–Trinajstić information content (AvgIpc) is 3.05. The zero-order valence-electron chi connectivity index (χ0n) is 14.1. The van der Waals surface area contributed by atoms with Gasteiger partial charge in [0.25, 0.3) is 5.91 Å². The quantitative estimate of drug-likeness (QED) is 0.664. The molecule has 0 atom stereocenters. The first kappa shape index (κ1) is 16.8. The minimum Gasteiger partial charge on any atom is -0.443 e. The molecule has 0 unspecified atom stereocenters. The molecule has 1 aromatic carbocycles. The van der Waals surface area contributed by atoms with Gasteiger partial charge >= 0.3 is 6.09 Å². The first-order chi connectivity index (χ1) is 11.3. The molecule has 1 aromatic rings. The number of anilines is 1. The summed E-state index contributed by atoms with van der Waals surface area (Å²) in [4.78, 5) is 26.5. The van der Waals surface area contributed by atoms with Crippen LogP contribution in [0.25, 0.3) is 5.57 Å². The number of carbonyl (C=O) groups excluding carboxylic acids is 2. The number of ether oxygens (including phenoxy) is 1. The van der Waals surface area contributed by atoms with E-state index in [0.29, 0.717) is 21.8 Å². The van der Waals surface area contributed by atoms with Gasteiger partial charge in [-0.25, -0.2) is 9.69 Å². The van der Waals surface area contributed by atoms with E-state index in [9.17, 15) is 9.59 Å². The van der Waals surface area contributed by atoms with Gasteiger partial charge in [-0.05, 0) is 58.2 Å². The summed E-state index contributed by atoms with van der Waals surface area (Å²) >= 11 is 6.07. The van der Waals surface area contributed by atoms with E-state index in [0.717, 1.165) is 29.7 Å². The van der Waals surface area contributed by atoms with Crippen LogP contribution >= 0.6 is 11.6 Å². The molecule has 1 aliphatic carbocycles. The van der Waals surface area contributed by atoms with Crippen LogP contribution in [0.3, 0.4) is 0 Å². The Kier molecular flexibility index (Phi) is 4.26. The average molecular weight is 346 g/mol. The van der Waals surface area contributed by atoms with E-state index in [1.165, 1.54) is 0 Å². The van der Waals surface area contributed by atoms with E-state index in [2.05, 4.69) is 6.08 Å². The molecule has 24 heavy (non-hydrogen) atoms. The van der Waals surface area contributed by atoms with Crippen LogP contribution < -0.4 is 4.90 Å². The van der Waals surface area contributed by atoms with Crippen molar-refractivity contribution in [2.45, 2.75) is 45.6 Å². The maximum absolute atomic E-state index is 12.9. The fraction of sp³-hybridized carbons (Fsp3) is 0.368. The van der Waals surface area contributed by atoms with E-state index < -0.39 is 11.7 Å². The van der Waals surface area contributed by atoms with E-state index in [4.69, 9.17) is 16.3 Å². The van der Waals surface area contributed by atoms with Gasteiger partial charge in [0.1, 0.15) is 5.60 Å². The molecule has 0 aromatic heterocycles. The van der Waals surface area contributed by atoms with Gasteiger partial charge in [0.05, 0.1) is 11.3 Å². The Morgan fingerprint density at radius 3 is 2.71 bits per heavy atom. The molecule has 0 saturated heterocycles. The topological polar surface area (TPSA) is 46.6 Å². The highest BCUT2D eigenvalue weighted by molar-refractivity contribution is 6.40. The predicted octanol–water partition coefficient (Wildman–Crippen LogP) is 5.12. The molecule has 0 bridgehead atoms. The zero-order chi connectivity index (χ0) is 17.5. The largest absolute Gasteiger partial charge is 0.443 e. The maximum atomic E-state index is 12.9. The standard InChI is InChI=1S/C19H20ClNO3/c1-19(2,3)24-18(23)21-16-11-13(20)8-9-14(16)15(17(21)22)10-12-6-4-5-7-12/h6,8-11H,4-5,7H2,1-3H3/b15-10-. The summed E-state index contributed by atoms with van der Waals surface area (Å²) in [5, 5.41) is 0.469. The Hall–Kier alpha value is -2.07. The number of benzene rings is 1. The lowest BCUT2D eigenvalue weighted by Gasteiger charge is -2.23. The molecular formula is C19H20ClNO3. The van der Waals surface area contributed by atoms with Crippen molar-refractivity contribution in [2.24, 2.45) is 0 Å². The highest BCUT2D eigenvalue weighted by atomic mass is 35.5. The second-order valence-corrected chi connectivity index (χ2v) is 7.45. The first-order valence-electron chi connectivity index (χ1n) is 8.04. The van der Waals surface area contributed by atoms with Gasteiger partial charge in [-0.15, -0.1) is 0 Å². The Bertz CT molecular complexity index is 771. The molecule has 126 valence electrons. The summed E-state index contributed by atoms with van der Waals surface area (Å²) in [6.07, 6.45) is 6.40. The van der Waals surface area contributed by atoms with E-state index in [-0.39, 0.29) is 5.91 Å². The van der Waals surface area contributed by atoms with Crippen LogP contribution in [0.15, 0.2) is 35.9 Å². The molecule has 5 heteroatoms. The number of allylic oxidation sites excluding steroid dienone is 3. The third-order valence-corrected chi connectivity index (χ3v) is 4.14. The van der Waals surface area contributed by atoms with E-state index >= 15 is 0 Å². The van der Waals surface area contributed by atoms with Crippen LogP contribution in [-0.2, 0) is 9.53 Å². The number of hydrogen-bond donors (Lipinski definition) is 0. The van der Waals surface area contributed by atoms with Gasteiger partial charge < -0.3 is 4.74 Å². The van der Waals surface area contributed by atoms with E-state index in [1.54, 1.807) is 39.0 Å². The van der Waals surface area contributed by atoms with E-state index in [1.807, 2.05) is 6.08 Å². The minimum atomic E-state index is -0.684. The van der Waals surface area contributed by atoms with Crippen LogP contribution in [0, 0.1) is 0 Å². The fourth-order valence-corrected chi connectivity index (χ4v) is 3.07. The molecule has 0 fully saturated rings. The number of imide groups is 1. The molecule has 0 spiro atoms. The maximum Gasteiger partial charge on any atom is 0.422 e. The lowest BCUT2D eigenvalue weighted by Crippen LogP contribution is -2.38. The third-order valence-electron chi connectivity index (χ3n) is 3.91. The normalized spacial score (nSPS) is 18.8. The van der Waals surface area contributed by atoms with Crippen molar-refractivity contribution in [3.05, 3.63) is 46.5 Å². The van der Waals surface area contributed by atoms with Crippen LogP contribution in [0.5, 0.6) is 0 Å². The van der Waals surface area contributed by atoms with Gasteiger partial charge in [0.15, 0.2) is 0 Å². The molecule has 0 radical (unpaired) electrons. The highest BCUT2D eigenvalue weighted by Gasteiger charge is 2.39. The summed E-state index contributed by atoms with van der Waals surface area (Å²) in [7, 11) is 0. The number of rotatable bonds is 1. The van der Waals surface area contributed by atoms with Crippen LogP contribution in [0.1, 0.15) is 45.6 Å². The molecule has 2 aliphatic rings. The minimum absolute atomic E-state index is 0.366. The lowest BCUT2D eigenvalue weighted by atomic mass is 10.0. The Labute approximate surface area is 146 Å². The monoisotopic (exact) mass is 345 g/mol. The smallest absolute Gasteiger partial charge is 0.422 e. The third kappa shape index (κ3) is 3.24. The SMILES string of the molecule is CC(C)(C)OC(=O)N1C(=O)/C(=C\C2=CCCC2)c2ccc(Cl)cc21. The summed E-state index contributed by atoms with van der Waals surface area (Å²) in [5.41, 5.74) is 2.15. The summed E-state index contributed by atoms with van der Waals surface area (Å²) in [6, 6.07) is 5.13. The first-order valence-corrected chi connectivity index (χ1v) is 8.42. The Morgan fingerprint density at radius 2 is 2.08 bits per heavy atom. The predicted molar refractivity (Wildman–Crippen MR) is 95.1 cm³/mol. The molecule has 3 rings (SSSR count). The molecule has 4 nitrogen and oxygen atoms in total. The second kappa shape index (κ2) is 6.10. The molecule has 2 amide bonds. The van der Waals surface area contributed by atoms with Gasteiger partial charge in [0.2, 0.25) is 0 Å². The van der Waals surface area contributed by atoms with Crippen molar-refractivity contribution in [1.29, 1.82) is 0 Å². The zero-order valence-corrected chi connectivity index (χ0v) is 14.8. The lowest BCUT2D eigenvalue weighted by molar-refractivity contribution is -0.112. The van der Waals surface area contributed by atoms with Crippen LogP contribution in [-0.4, -0.2) is 17.6 Å². The van der Waals surface area contributed by atoms with Crippen LogP contribution in [0.4, 0.5) is 10.5 Å². The van der Waals surface area contributed by atoms with Crippen molar-refractivity contribution in [2.75, 3.05) is 4.90 Å². The number of nitrogens with zero attached hydrogens (tertiary/aromatic N) is 1. The van der Waals surface area contributed by atoms with Crippen molar-refractivity contribution in [3.63, 3.8) is 0 Å². The van der Waals surface area contributed by atoms with Gasteiger partial charge in [-0.1, -0.05) is 29.3 Å². The van der Waals surface area contributed by atoms with Gasteiger partial charge in [-0.2, -0.15) is 0 Å². The molecule has 1 aliphatic heterocycles. The number of halogens is 1. The number of fused-ring (bicyclic) bond motifs is 1. The van der Waals surface area contributed by atoms with Crippen LogP contribution in [0.2, 0.25) is 5.02 Å². The molecule has 0 N–H and O–H groups in total. The van der Waals surface area contributed by atoms with Crippen molar-refractivity contribution in [1.82, 2.24) is 0 Å².